The summed E-state index contributed by atoms with van der Waals surface area (Å²) in [6, 6.07) is 6.44. The molecule has 0 aliphatic carbocycles. The van der Waals surface area contributed by atoms with Crippen LogP contribution in [-0.2, 0) is 10.0 Å². The van der Waals surface area contributed by atoms with Crippen molar-refractivity contribution < 1.29 is 23.1 Å². The van der Waals surface area contributed by atoms with E-state index in [0.29, 0.717) is 6.29 Å². The van der Waals surface area contributed by atoms with Crippen LogP contribution in [-0.4, -0.2) is 35.6 Å². The van der Waals surface area contributed by atoms with E-state index in [0.717, 1.165) is 10.7 Å². The fraction of sp³-hybridized carbons (Fsp3) is 0. The van der Waals surface area contributed by atoms with Gasteiger partial charge >= 0.3 is 5.97 Å². The van der Waals surface area contributed by atoms with Crippen molar-refractivity contribution >= 4 is 22.3 Å². The molecule has 1 aromatic carbocycles. The van der Waals surface area contributed by atoms with Crippen molar-refractivity contribution in [2.45, 2.75) is 4.90 Å². The van der Waals surface area contributed by atoms with Crippen molar-refractivity contribution in [2.75, 3.05) is 0 Å². The number of rotatable bonds is 4. The number of carbonyl (C=O) groups excluding carboxylic acids is 1. The molecule has 2 rings (SSSR count). The Morgan fingerprint density at radius 2 is 2.05 bits per heavy atom. The van der Waals surface area contributed by atoms with Gasteiger partial charge in [0.2, 0.25) is 10.0 Å². The molecule has 0 aliphatic heterocycles. The second-order valence-corrected chi connectivity index (χ2v) is 5.39. The number of nitrogens with two attached hydrogens (primary N) is 1. The van der Waals surface area contributed by atoms with Gasteiger partial charge in [0.25, 0.3) is 0 Å². The first-order valence-corrected chi connectivity index (χ1v) is 6.79. The molecular formula is C11H9N3O5S. The SMILES string of the molecule is NS(=O)(=O)c1cccc(-n2nc(C(=O)O)cc2C=O)c1. The maximum Gasteiger partial charge on any atom is 0.356 e. The first-order valence-electron chi connectivity index (χ1n) is 5.24. The van der Waals surface area contributed by atoms with Crippen LogP contribution in [0, 0.1) is 0 Å². The number of primary sulfonamides is 1. The Bertz CT molecular complexity index is 794. The highest BCUT2D eigenvalue weighted by molar-refractivity contribution is 7.89. The van der Waals surface area contributed by atoms with Gasteiger partial charge in [-0.3, -0.25) is 4.79 Å². The van der Waals surface area contributed by atoms with Gasteiger partial charge in [0, 0.05) is 6.07 Å². The molecule has 0 unspecified atom stereocenters. The third kappa shape index (κ3) is 2.58. The van der Waals surface area contributed by atoms with Gasteiger partial charge in [0.1, 0.15) is 5.69 Å². The first kappa shape index (κ1) is 13.9. The number of sulfonamides is 1. The Labute approximate surface area is 113 Å². The van der Waals surface area contributed by atoms with Crippen LogP contribution in [0.1, 0.15) is 21.0 Å². The van der Waals surface area contributed by atoms with Gasteiger partial charge in [-0.15, -0.1) is 0 Å². The van der Waals surface area contributed by atoms with E-state index in [1.54, 1.807) is 0 Å². The van der Waals surface area contributed by atoms with Gasteiger partial charge in [-0.1, -0.05) is 6.07 Å². The zero-order chi connectivity index (χ0) is 14.9. The van der Waals surface area contributed by atoms with Gasteiger partial charge in [0.15, 0.2) is 12.0 Å². The van der Waals surface area contributed by atoms with Gasteiger partial charge in [0.05, 0.1) is 10.6 Å². The quantitative estimate of drug-likeness (QED) is 0.765. The fourth-order valence-electron chi connectivity index (χ4n) is 1.58. The summed E-state index contributed by atoms with van der Waals surface area (Å²) < 4.78 is 23.6. The molecule has 0 amide bonds. The number of carboxylic acids is 1. The lowest BCUT2D eigenvalue weighted by atomic mass is 10.3. The average Bonchev–Trinajstić information content (AvgIpc) is 2.82. The zero-order valence-electron chi connectivity index (χ0n) is 9.92. The molecule has 0 saturated heterocycles. The number of nitrogens with zero attached hydrogens (tertiary/aromatic N) is 2. The van der Waals surface area contributed by atoms with Crippen LogP contribution >= 0.6 is 0 Å². The predicted octanol–water partition coefficient (Wildman–Crippen LogP) is 0.0304. The van der Waals surface area contributed by atoms with Gasteiger partial charge in [-0.05, 0) is 18.2 Å². The second kappa shape index (κ2) is 4.87. The highest BCUT2D eigenvalue weighted by Crippen LogP contribution is 2.16. The Balaban J connectivity index is 2.62. The van der Waals surface area contributed by atoms with Gasteiger partial charge < -0.3 is 5.11 Å². The summed E-state index contributed by atoms with van der Waals surface area (Å²) in [6.45, 7) is 0. The molecule has 2 aromatic rings. The molecule has 104 valence electrons. The molecule has 0 atom stereocenters. The zero-order valence-corrected chi connectivity index (χ0v) is 10.7. The Morgan fingerprint density at radius 3 is 2.60 bits per heavy atom. The summed E-state index contributed by atoms with van der Waals surface area (Å²) in [6.07, 6.45) is 0.420. The summed E-state index contributed by atoms with van der Waals surface area (Å²) in [5.41, 5.74) is -0.131. The Kier molecular flexibility index (Phi) is 3.38. The highest BCUT2D eigenvalue weighted by atomic mass is 32.2. The van der Waals surface area contributed by atoms with Crippen molar-refractivity contribution in [1.82, 2.24) is 9.78 Å². The summed E-state index contributed by atoms with van der Waals surface area (Å²) in [5, 5.41) is 17.6. The number of carbonyl (C=O) groups is 2. The Hall–Kier alpha value is -2.52. The highest BCUT2D eigenvalue weighted by Gasteiger charge is 2.15. The molecule has 0 aliphatic rings. The Morgan fingerprint density at radius 1 is 1.35 bits per heavy atom. The standard InChI is InChI=1S/C11H9N3O5S/c12-20(18,19)9-3-1-2-7(4-9)14-8(6-15)5-10(13-14)11(16)17/h1-6H,(H,16,17)(H2,12,18,19). The second-order valence-electron chi connectivity index (χ2n) is 3.83. The summed E-state index contributed by atoms with van der Waals surface area (Å²) in [7, 11) is -3.91. The van der Waals surface area contributed by atoms with Gasteiger partial charge in [-0.2, -0.15) is 5.10 Å². The minimum atomic E-state index is -3.91. The minimum Gasteiger partial charge on any atom is -0.476 e. The molecule has 0 radical (unpaired) electrons. The van der Waals surface area contributed by atoms with Crippen LogP contribution in [0.5, 0.6) is 0 Å². The van der Waals surface area contributed by atoms with E-state index in [1.807, 2.05) is 0 Å². The van der Waals surface area contributed by atoms with Crippen molar-refractivity contribution in [3.63, 3.8) is 0 Å². The minimum absolute atomic E-state index is 0.0195. The summed E-state index contributed by atoms with van der Waals surface area (Å²) >= 11 is 0. The number of aldehydes is 1. The third-order valence-corrected chi connectivity index (χ3v) is 3.38. The molecule has 20 heavy (non-hydrogen) atoms. The molecule has 9 heteroatoms. The molecule has 0 spiro atoms. The van der Waals surface area contributed by atoms with E-state index in [4.69, 9.17) is 10.2 Å². The number of hydrogen-bond donors (Lipinski definition) is 2. The lowest BCUT2D eigenvalue weighted by Gasteiger charge is -2.05. The molecule has 3 N–H and O–H groups in total. The van der Waals surface area contributed by atoms with Crippen molar-refractivity contribution in [1.29, 1.82) is 0 Å². The van der Waals surface area contributed by atoms with Crippen molar-refractivity contribution in [3.8, 4) is 5.69 Å². The molecule has 0 bridgehead atoms. The van der Waals surface area contributed by atoms with Crippen LogP contribution < -0.4 is 5.14 Å². The smallest absolute Gasteiger partial charge is 0.356 e. The van der Waals surface area contributed by atoms with E-state index in [-0.39, 0.29) is 22.0 Å². The van der Waals surface area contributed by atoms with Crippen molar-refractivity contribution in [2.24, 2.45) is 5.14 Å². The van der Waals surface area contributed by atoms with E-state index < -0.39 is 16.0 Å². The predicted molar refractivity (Wildman–Crippen MR) is 67.3 cm³/mol. The molecule has 1 heterocycles. The third-order valence-electron chi connectivity index (χ3n) is 2.47. The molecular weight excluding hydrogens is 286 g/mol. The fourth-order valence-corrected chi connectivity index (χ4v) is 2.14. The van der Waals surface area contributed by atoms with Crippen LogP contribution in [0.25, 0.3) is 5.69 Å². The normalized spacial score (nSPS) is 11.2. The van der Waals surface area contributed by atoms with Crippen LogP contribution in [0.2, 0.25) is 0 Å². The number of hydrogen-bond acceptors (Lipinski definition) is 5. The molecule has 0 fully saturated rings. The number of benzene rings is 1. The topological polar surface area (TPSA) is 132 Å². The number of aromatic nitrogens is 2. The summed E-state index contributed by atoms with van der Waals surface area (Å²) in [5.74, 6) is -1.30. The van der Waals surface area contributed by atoms with Crippen LogP contribution in [0.4, 0.5) is 0 Å². The first-order chi connectivity index (χ1) is 9.32. The number of carboxylic acid groups (broad SMARTS) is 1. The average molecular weight is 295 g/mol. The maximum absolute atomic E-state index is 11.3. The van der Waals surface area contributed by atoms with Crippen LogP contribution in [0.15, 0.2) is 35.2 Å². The maximum atomic E-state index is 11.3. The van der Waals surface area contributed by atoms with Gasteiger partial charge in [-0.25, -0.2) is 23.0 Å². The number of aromatic carboxylic acids is 1. The van der Waals surface area contributed by atoms with E-state index >= 15 is 0 Å². The van der Waals surface area contributed by atoms with E-state index in [1.165, 1.54) is 24.3 Å². The monoisotopic (exact) mass is 295 g/mol. The van der Waals surface area contributed by atoms with E-state index in [2.05, 4.69) is 5.10 Å². The molecule has 1 aromatic heterocycles. The van der Waals surface area contributed by atoms with Crippen molar-refractivity contribution in [3.05, 3.63) is 41.7 Å². The molecule has 0 saturated carbocycles. The van der Waals surface area contributed by atoms with E-state index in [9.17, 15) is 18.0 Å². The molecule has 8 nitrogen and oxygen atoms in total. The largest absolute Gasteiger partial charge is 0.476 e. The summed E-state index contributed by atoms with van der Waals surface area (Å²) in [4.78, 5) is 21.6. The van der Waals surface area contributed by atoms with Crippen LogP contribution in [0.3, 0.4) is 0 Å². The lowest BCUT2D eigenvalue weighted by molar-refractivity contribution is 0.0690. The lowest BCUT2D eigenvalue weighted by Crippen LogP contribution is -2.13.